The molecule has 0 unspecified atom stereocenters. The molecule has 0 bridgehead atoms. The molecule has 1 N–H and O–H groups in total. The molecule has 4 nitrogen and oxygen atoms in total. The molecule has 0 atom stereocenters. The second-order valence-corrected chi connectivity index (χ2v) is 7.05. The van der Waals surface area contributed by atoms with E-state index in [1.165, 1.54) is 12.1 Å². The molecule has 0 amide bonds. The molecule has 1 heterocycles. The molecule has 2 rings (SSSR count). The van der Waals surface area contributed by atoms with E-state index in [2.05, 4.69) is 4.72 Å². The summed E-state index contributed by atoms with van der Waals surface area (Å²) >= 11 is 1.54. The number of nitrogens with one attached hydrogen (secondary N) is 1. The normalized spacial score (nSPS) is 11.2. The van der Waals surface area contributed by atoms with Gasteiger partial charge in [0.05, 0.1) is 10.5 Å². The first-order chi connectivity index (χ1) is 9.03. The number of rotatable bonds is 4. The zero-order valence-corrected chi connectivity index (χ0v) is 11.9. The largest absolute Gasteiger partial charge is 0.242 e. The summed E-state index contributed by atoms with van der Waals surface area (Å²) < 4.78 is 26.8. The van der Waals surface area contributed by atoms with Crippen molar-refractivity contribution in [3.05, 3.63) is 51.7 Å². The Morgan fingerprint density at radius 3 is 2.63 bits per heavy atom. The average molecular weight is 292 g/mol. The number of hydrogen-bond donors (Lipinski definition) is 1. The molecule has 0 saturated carbocycles. The van der Waals surface area contributed by atoms with Crippen LogP contribution >= 0.6 is 11.3 Å². The highest BCUT2D eigenvalue weighted by molar-refractivity contribution is 7.89. The fourth-order valence-electron chi connectivity index (χ4n) is 1.62. The summed E-state index contributed by atoms with van der Waals surface area (Å²) in [5, 5.41) is 8.93. The molecule has 2 aromatic rings. The Hall–Kier alpha value is -1.68. The third-order valence-corrected chi connectivity index (χ3v) is 4.99. The lowest BCUT2D eigenvalue weighted by Gasteiger charge is -2.06. The SMILES string of the molecule is Cc1ccc(CNS(=O)(=O)c2ccccc2C#N)s1. The number of thiophene rings is 1. The number of benzene rings is 1. The zero-order chi connectivity index (χ0) is 13.9. The summed E-state index contributed by atoms with van der Waals surface area (Å²) in [6.07, 6.45) is 0. The number of sulfonamides is 1. The van der Waals surface area contributed by atoms with E-state index in [0.29, 0.717) is 0 Å². The molecule has 0 aliphatic carbocycles. The first-order valence-corrected chi connectivity index (χ1v) is 7.87. The molecule has 1 aromatic heterocycles. The van der Waals surface area contributed by atoms with Crippen molar-refractivity contribution in [1.82, 2.24) is 4.72 Å². The Balaban J connectivity index is 2.21. The summed E-state index contributed by atoms with van der Waals surface area (Å²) in [7, 11) is -3.66. The molecule has 6 heteroatoms. The van der Waals surface area contributed by atoms with Gasteiger partial charge in [0, 0.05) is 16.3 Å². The minimum absolute atomic E-state index is 0.0192. The topological polar surface area (TPSA) is 70.0 Å². The smallest absolute Gasteiger partial charge is 0.207 e. The highest BCUT2D eigenvalue weighted by Crippen LogP contribution is 2.17. The maximum absolute atomic E-state index is 12.1. The molecule has 0 radical (unpaired) electrons. The van der Waals surface area contributed by atoms with Crippen molar-refractivity contribution in [2.24, 2.45) is 0 Å². The predicted octanol–water partition coefficient (Wildman–Crippen LogP) is 2.41. The van der Waals surface area contributed by atoms with Crippen molar-refractivity contribution in [2.45, 2.75) is 18.4 Å². The van der Waals surface area contributed by atoms with E-state index in [9.17, 15) is 8.42 Å². The fraction of sp³-hybridized carbons (Fsp3) is 0.154. The van der Waals surface area contributed by atoms with Crippen LogP contribution < -0.4 is 4.72 Å². The maximum atomic E-state index is 12.1. The van der Waals surface area contributed by atoms with Crippen LogP contribution in [0.4, 0.5) is 0 Å². The lowest BCUT2D eigenvalue weighted by atomic mass is 10.2. The molecule has 0 aliphatic rings. The highest BCUT2D eigenvalue weighted by Gasteiger charge is 2.17. The van der Waals surface area contributed by atoms with Crippen LogP contribution in [0.3, 0.4) is 0 Å². The summed E-state index contributed by atoms with van der Waals surface area (Å²) in [6.45, 7) is 2.20. The van der Waals surface area contributed by atoms with Crippen molar-refractivity contribution in [3.8, 4) is 6.07 Å². The highest BCUT2D eigenvalue weighted by atomic mass is 32.2. The Kier molecular flexibility index (Phi) is 4.00. The Morgan fingerprint density at radius 1 is 1.26 bits per heavy atom. The maximum Gasteiger partial charge on any atom is 0.242 e. The number of nitriles is 1. The van der Waals surface area contributed by atoms with Crippen LogP contribution in [0.1, 0.15) is 15.3 Å². The van der Waals surface area contributed by atoms with E-state index in [1.807, 2.05) is 25.1 Å². The van der Waals surface area contributed by atoms with Crippen LogP contribution in [0.15, 0.2) is 41.3 Å². The second kappa shape index (κ2) is 5.53. The number of aryl methyl sites for hydroxylation is 1. The first kappa shape index (κ1) is 13.7. The third-order valence-electron chi connectivity index (χ3n) is 2.53. The quantitative estimate of drug-likeness (QED) is 0.940. The fourth-order valence-corrected chi connectivity index (χ4v) is 3.70. The molecular formula is C13H12N2O2S2. The second-order valence-electron chi connectivity index (χ2n) is 3.94. The Morgan fingerprint density at radius 2 is 2.00 bits per heavy atom. The van der Waals surface area contributed by atoms with Gasteiger partial charge in [-0.2, -0.15) is 5.26 Å². The van der Waals surface area contributed by atoms with E-state index in [1.54, 1.807) is 23.5 Å². The van der Waals surface area contributed by atoms with Crippen molar-refractivity contribution in [3.63, 3.8) is 0 Å². The van der Waals surface area contributed by atoms with Crippen molar-refractivity contribution >= 4 is 21.4 Å². The summed E-state index contributed by atoms with van der Waals surface area (Å²) in [5.41, 5.74) is 0.150. The predicted molar refractivity (Wildman–Crippen MR) is 74.2 cm³/mol. The molecule has 0 saturated heterocycles. The number of hydrogen-bond acceptors (Lipinski definition) is 4. The van der Waals surface area contributed by atoms with Gasteiger partial charge in [-0.25, -0.2) is 13.1 Å². The minimum atomic E-state index is -3.66. The van der Waals surface area contributed by atoms with Crippen LogP contribution in [-0.4, -0.2) is 8.42 Å². The first-order valence-electron chi connectivity index (χ1n) is 5.57. The molecule has 1 aromatic carbocycles. The van der Waals surface area contributed by atoms with E-state index < -0.39 is 10.0 Å². The van der Waals surface area contributed by atoms with Gasteiger partial charge < -0.3 is 0 Å². The monoisotopic (exact) mass is 292 g/mol. The molecule has 19 heavy (non-hydrogen) atoms. The third kappa shape index (κ3) is 3.20. The molecule has 0 fully saturated rings. The van der Waals surface area contributed by atoms with Gasteiger partial charge in [0.25, 0.3) is 0 Å². The van der Waals surface area contributed by atoms with Crippen LogP contribution in [-0.2, 0) is 16.6 Å². The van der Waals surface area contributed by atoms with E-state index in [4.69, 9.17) is 5.26 Å². The Labute approximate surface area is 116 Å². The van der Waals surface area contributed by atoms with Crippen LogP contribution in [0, 0.1) is 18.3 Å². The molecular weight excluding hydrogens is 280 g/mol. The summed E-state index contributed by atoms with van der Waals surface area (Å²) in [4.78, 5) is 2.09. The van der Waals surface area contributed by atoms with Crippen LogP contribution in [0.2, 0.25) is 0 Å². The molecule has 0 spiro atoms. The summed E-state index contributed by atoms with van der Waals surface area (Å²) in [5.74, 6) is 0. The van der Waals surface area contributed by atoms with Gasteiger partial charge >= 0.3 is 0 Å². The molecule has 98 valence electrons. The van der Waals surface area contributed by atoms with Crippen molar-refractivity contribution in [1.29, 1.82) is 5.26 Å². The molecule has 0 aliphatic heterocycles. The lowest BCUT2D eigenvalue weighted by molar-refractivity contribution is 0.581. The number of nitrogens with zero attached hydrogens (tertiary/aromatic N) is 1. The van der Waals surface area contributed by atoms with Gasteiger partial charge in [-0.1, -0.05) is 12.1 Å². The standard InChI is InChI=1S/C13H12N2O2S2/c1-10-6-7-12(18-10)9-15-19(16,17)13-5-3-2-4-11(13)8-14/h2-7,15H,9H2,1H3. The van der Waals surface area contributed by atoms with Crippen LogP contribution in [0.5, 0.6) is 0 Å². The van der Waals surface area contributed by atoms with Crippen molar-refractivity contribution in [2.75, 3.05) is 0 Å². The van der Waals surface area contributed by atoms with Crippen LogP contribution in [0.25, 0.3) is 0 Å². The van der Waals surface area contributed by atoms with Gasteiger partial charge in [-0.15, -0.1) is 11.3 Å². The van der Waals surface area contributed by atoms with Gasteiger partial charge in [-0.3, -0.25) is 0 Å². The van der Waals surface area contributed by atoms with E-state index in [0.717, 1.165) is 9.75 Å². The Bertz CT molecular complexity index is 727. The van der Waals surface area contributed by atoms with Gasteiger partial charge in [0.2, 0.25) is 10.0 Å². The summed E-state index contributed by atoms with van der Waals surface area (Å²) in [6, 6.07) is 11.9. The van der Waals surface area contributed by atoms with Gasteiger partial charge in [0.1, 0.15) is 6.07 Å². The zero-order valence-electron chi connectivity index (χ0n) is 10.3. The van der Waals surface area contributed by atoms with Gasteiger partial charge in [0.15, 0.2) is 0 Å². The minimum Gasteiger partial charge on any atom is -0.207 e. The lowest BCUT2D eigenvalue weighted by Crippen LogP contribution is -2.23. The average Bonchev–Trinajstić information content (AvgIpc) is 2.82. The van der Waals surface area contributed by atoms with E-state index >= 15 is 0 Å². The van der Waals surface area contributed by atoms with E-state index in [-0.39, 0.29) is 17.0 Å². The van der Waals surface area contributed by atoms with Gasteiger partial charge in [-0.05, 0) is 31.2 Å². The van der Waals surface area contributed by atoms with Crippen molar-refractivity contribution < 1.29 is 8.42 Å².